The first kappa shape index (κ1) is 27.1. The van der Waals surface area contributed by atoms with E-state index in [0.717, 1.165) is 5.56 Å². The zero-order valence-electron chi connectivity index (χ0n) is 20.5. The normalized spacial score (nSPS) is 28.8. The number of rotatable bonds is 5. The molecule has 0 aromatic heterocycles. The molecular formula is C27H29F6NO4. The summed E-state index contributed by atoms with van der Waals surface area (Å²) >= 11 is 0. The Bertz CT molecular complexity index is 1160. The highest BCUT2D eigenvalue weighted by atomic mass is 19.4. The summed E-state index contributed by atoms with van der Waals surface area (Å²) in [6.07, 6.45) is -9.04. The topological polar surface area (TPSA) is 59.0 Å². The molecular weight excluding hydrogens is 516 g/mol. The SMILES string of the molecule is O=C(O)C1CC2COCC(C1)N2Cc1ccc2c(C(F)(F)F)c(O[C@H]3CC[C@@H](C(F)(F)F)CC3)ccc2c1. The van der Waals surface area contributed by atoms with Crippen LogP contribution in [0.4, 0.5) is 26.3 Å². The van der Waals surface area contributed by atoms with Crippen LogP contribution in [0.3, 0.4) is 0 Å². The van der Waals surface area contributed by atoms with Gasteiger partial charge in [-0.2, -0.15) is 26.3 Å². The Morgan fingerprint density at radius 3 is 2.21 bits per heavy atom. The summed E-state index contributed by atoms with van der Waals surface area (Å²) in [5.74, 6) is -3.06. The molecule has 1 N–H and O–H groups in total. The first-order chi connectivity index (χ1) is 17.9. The van der Waals surface area contributed by atoms with Gasteiger partial charge in [-0.3, -0.25) is 9.69 Å². The first-order valence-corrected chi connectivity index (χ1v) is 12.8. The van der Waals surface area contributed by atoms with Crippen molar-refractivity contribution < 1.29 is 45.7 Å². The molecule has 5 nitrogen and oxygen atoms in total. The van der Waals surface area contributed by atoms with Gasteiger partial charge in [-0.1, -0.05) is 18.2 Å². The second-order valence-corrected chi connectivity index (χ2v) is 10.6. The molecule has 3 aliphatic rings. The Morgan fingerprint density at radius 1 is 0.974 bits per heavy atom. The maximum atomic E-state index is 14.2. The lowest BCUT2D eigenvalue weighted by atomic mass is 9.84. The third-order valence-corrected chi connectivity index (χ3v) is 8.15. The van der Waals surface area contributed by atoms with E-state index >= 15 is 0 Å². The summed E-state index contributed by atoms with van der Waals surface area (Å²) in [5, 5.41) is 9.79. The Morgan fingerprint density at radius 2 is 1.63 bits per heavy atom. The molecule has 38 heavy (non-hydrogen) atoms. The highest BCUT2D eigenvalue weighted by Gasteiger charge is 2.43. The van der Waals surface area contributed by atoms with E-state index in [9.17, 15) is 36.2 Å². The minimum atomic E-state index is -4.72. The van der Waals surface area contributed by atoms with E-state index in [0.29, 0.717) is 38.0 Å². The number of hydrogen-bond donors (Lipinski definition) is 1. The van der Waals surface area contributed by atoms with Crippen molar-refractivity contribution in [3.05, 3.63) is 41.5 Å². The van der Waals surface area contributed by atoms with Gasteiger partial charge in [0.1, 0.15) is 11.3 Å². The molecule has 2 aliphatic heterocycles. The van der Waals surface area contributed by atoms with Gasteiger partial charge in [-0.25, -0.2) is 0 Å². The van der Waals surface area contributed by atoms with Crippen LogP contribution >= 0.6 is 0 Å². The van der Waals surface area contributed by atoms with Gasteiger partial charge in [0.05, 0.1) is 31.2 Å². The predicted octanol–water partition coefficient (Wildman–Crippen LogP) is 6.42. The van der Waals surface area contributed by atoms with Gasteiger partial charge in [0, 0.05) is 18.6 Å². The van der Waals surface area contributed by atoms with E-state index in [4.69, 9.17) is 9.47 Å². The summed E-state index contributed by atoms with van der Waals surface area (Å²) < 4.78 is 92.7. The van der Waals surface area contributed by atoms with Crippen LogP contribution in [0.5, 0.6) is 5.75 Å². The van der Waals surface area contributed by atoms with Crippen molar-refractivity contribution in [2.75, 3.05) is 13.2 Å². The molecule has 11 heteroatoms. The number of fused-ring (bicyclic) bond motifs is 3. The standard InChI is InChI=1S/C27H29F6NO4/c28-26(29,30)18-3-5-21(6-4-18)38-23-8-2-16-9-15(1-7-22(16)24(23)27(31,32)33)12-34-19-10-17(25(35)36)11-20(34)14-37-13-19/h1-2,7-9,17-21H,3-6,10-14H2,(H,35,36)/t17?,18-,19?,20?,21+. The molecule has 5 rings (SSSR count). The quantitative estimate of drug-likeness (QED) is 0.440. The van der Waals surface area contributed by atoms with E-state index < -0.39 is 41.8 Å². The van der Waals surface area contributed by atoms with Gasteiger partial charge >= 0.3 is 18.3 Å². The third-order valence-electron chi connectivity index (χ3n) is 8.15. The van der Waals surface area contributed by atoms with Crippen molar-refractivity contribution in [1.29, 1.82) is 0 Å². The monoisotopic (exact) mass is 545 g/mol. The predicted molar refractivity (Wildman–Crippen MR) is 126 cm³/mol. The fraction of sp³-hybridized carbons (Fsp3) is 0.593. The molecule has 2 aromatic carbocycles. The second-order valence-electron chi connectivity index (χ2n) is 10.6. The van der Waals surface area contributed by atoms with Crippen LogP contribution in [0.25, 0.3) is 10.8 Å². The number of morpholine rings is 1. The van der Waals surface area contributed by atoms with Crippen LogP contribution in [-0.4, -0.2) is 53.6 Å². The molecule has 0 amide bonds. The number of carboxylic acid groups (broad SMARTS) is 1. The van der Waals surface area contributed by atoms with Crippen LogP contribution in [0.2, 0.25) is 0 Å². The number of alkyl halides is 6. The maximum Gasteiger partial charge on any atom is 0.420 e. The summed E-state index contributed by atoms with van der Waals surface area (Å²) in [7, 11) is 0. The van der Waals surface area contributed by atoms with Crippen molar-refractivity contribution in [2.45, 2.75) is 75.6 Å². The van der Waals surface area contributed by atoms with Gasteiger partial charge in [0.15, 0.2) is 0 Å². The fourth-order valence-corrected chi connectivity index (χ4v) is 6.20. The minimum Gasteiger partial charge on any atom is -0.490 e. The Balaban J connectivity index is 1.36. The van der Waals surface area contributed by atoms with E-state index in [-0.39, 0.29) is 48.9 Å². The second kappa shape index (κ2) is 10.2. The molecule has 1 saturated carbocycles. The molecule has 208 valence electrons. The molecule has 2 atom stereocenters. The average Bonchev–Trinajstić information content (AvgIpc) is 2.82. The number of nitrogens with zero attached hydrogens (tertiary/aromatic N) is 1. The number of aliphatic carboxylic acids is 1. The molecule has 2 saturated heterocycles. The van der Waals surface area contributed by atoms with E-state index in [1.54, 1.807) is 18.2 Å². The van der Waals surface area contributed by atoms with Gasteiger partial charge in [-0.05, 0) is 67.0 Å². The molecule has 3 fully saturated rings. The van der Waals surface area contributed by atoms with Crippen LogP contribution < -0.4 is 4.74 Å². The molecule has 0 radical (unpaired) electrons. The number of carbonyl (C=O) groups is 1. The van der Waals surface area contributed by atoms with Crippen LogP contribution in [0.15, 0.2) is 30.3 Å². The number of piperidine rings is 1. The number of hydrogen-bond acceptors (Lipinski definition) is 4. The van der Waals surface area contributed by atoms with E-state index in [1.165, 1.54) is 12.1 Å². The fourth-order valence-electron chi connectivity index (χ4n) is 6.20. The number of halogens is 6. The lowest BCUT2D eigenvalue weighted by Gasteiger charge is -2.47. The molecule has 1 aliphatic carbocycles. The summed E-state index contributed by atoms with van der Waals surface area (Å²) in [4.78, 5) is 13.7. The van der Waals surface area contributed by atoms with Crippen molar-refractivity contribution in [1.82, 2.24) is 4.90 Å². The molecule has 2 heterocycles. The molecule has 2 unspecified atom stereocenters. The summed E-state index contributed by atoms with van der Waals surface area (Å²) in [5.41, 5.74) is -0.123. The average molecular weight is 546 g/mol. The lowest BCUT2D eigenvalue weighted by Crippen LogP contribution is -2.57. The van der Waals surface area contributed by atoms with E-state index in [1.807, 2.05) is 0 Å². The molecule has 0 spiro atoms. The highest BCUT2D eigenvalue weighted by Crippen LogP contribution is 2.44. The van der Waals surface area contributed by atoms with Crippen molar-refractivity contribution >= 4 is 16.7 Å². The largest absolute Gasteiger partial charge is 0.490 e. The van der Waals surface area contributed by atoms with Crippen molar-refractivity contribution in [3.8, 4) is 5.75 Å². The molecule has 2 aromatic rings. The number of ether oxygens (including phenoxy) is 2. The molecule has 2 bridgehead atoms. The first-order valence-electron chi connectivity index (χ1n) is 12.8. The van der Waals surface area contributed by atoms with Crippen molar-refractivity contribution in [3.63, 3.8) is 0 Å². The highest BCUT2D eigenvalue weighted by molar-refractivity contribution is 5.89. The zero-order valence-corrected chi connectivity index (χ0v) is 20.5. The summed E-state index contributed by atoms with van der Waals surface area (Å²) in [6.45, 7) is 1.29. The van der Waals surface area contributed by atoms with E-state index in [2.05, 4.69) is 4.90 Å². The third kappa shape index (κ3) is 5.59. The maximum absolute atomic E-state index is 14.2. The van der Waals surface area contributed by atoms with Gasteiger partial charge in [0.2, 0.25) is 0 Å². The van der Waals surface area contributed by atoms with Gasteiger partial charge in [0.25, 0.3) is 0 Å². The number of carboxylic acids is 1. The Kier molecular flexibility index (Phi) is 7.28. The lowest BCUT2D eigenvalue weighted by molar-refractivity contribution is -0.185. The van der Waals surface area contributed by atoms with Crippen molar-refractivity contribution in [2.24, 2.45) is 11.8 Å². The minimum absolute atomic E-state index is 0.0316. The van der Waals surface area contributed by atoms with Gasteiger partial charge in [-0.15, -0.1) is 0 Å². The zero-order chi connectivity index (χ0) is 27.2. The van der Waals surface area contributed by atoms with Crippen LogP contribution in [-0.2, 0) is 22.3 Å². The van der Waals surface area contributed by atoms with Crippen LogP contribution in [0, 0.1) is 11.8 Å². The summed E-state index contributed by atoms with van der Waals surface area (Å²) in [6, 6.07) is 7.40. The Hall–Kier alpha value is -2.53. The number of benzene rings is 2. The Labute approximate surface area is 215 Å². The van der Waals surface area contributed by atoms with Crippen LogP contribution in [0.1, 0.15) is 49.7 Å². The van der Waals surface area contributed by atoms with Gasteiger partial charge < -0.3 is 14.6 Å². The smallest absolute Gasteiger partial charge is 0.420 e.